The normalized spacial score (nSPS) is 12.1. The minimum atomic E-state index is -0.318. The van der Waals surface area contributed by atoms with E-state index in [1.54, 1.807) is 12.1 Å². The monoisotopic (exact) mass is 379 g/mol. The van der Waals surface area contributed by atoms with E-state index in [1.807, 2.05) is 45.0 Å². The Morgan fingerprint density at radius 1 is 1.24 bits per heavy atom. The van der Waals surface area contributed by atoms with Crippen LogP contribution < -0.4 is 10.6 Å². The predicted molar refractivity (Wildman–Crippen MR) is 108 cm³/mol. The van der Waals surface area contributed by atoms with E-state index < -0.39 is 0 Å². The highest BCUT2D eigenvalue weighted by Gasteiger charge is 2.21. The van der Waals surface area contributed by atoms with Gasteiger partial charge < -0.3 is 15.5 Å². The molecule has 6 heteroatoms. The highest BCUT2D eigenvalue weighted by atomic mass is 35.5. The lowest BCUT2D eigenvalue weighted by molar-refractivity contribution is 0.292. The molecular weight excluding hydrogens is 357 g/mol. The third kappa shape index (κ3) is 5.14. The van der Waals surface area contributed by atoms with Crippen LogP contribution in [-0.4, -0.2) is 30.7 Å². The fourth-order valence-electron chi connectivity index (χ4n) is 2.60. The van der Waals surface area contributed by atoms with Crippen LogP contribution in [0, 0.1) is 19.7 Å². The number of nitrogens with zero attached hydrogens (tertiary/aromatic N) is 1. The smallest absolute Gasteiger partial charge is 0.170 e. The molecule has 2 aromatic carbocycles. The van der Waals surface area contributed by atoms with E-state index in [2.05, 4.69) is 16.7 Å². The molecule has 2 rings (SSSR count). The fraction of sp³-hybridized carbons (Fsp3) is 0.316. The van der Waals surface area contributed by atoms with Gasteiger partial charge in [-0.15, -0.1) is 0 Å². The Morgan fingerprint density at radius 3 is 2.60 bits per heavy atom. The van der Waals surface area contributed by atoms with Crippen molar-refractivity contribution in [2.45, 2.75) is 19.9 Å². The minimum Gasteiger partial charge on any atom is -0.361 e. The number of rotatable bonds is 5. The van der Waals surface area contributed by atoms with Crippen molar-refractivity contribution in [3.05, 3.63) is 63.9 Å². The third-order valence-electron chi connectivity index (χ3n) is 4.05. The molecule has 0 fully saturated rings. The Morgan fingerprint density at radius 2 is 1.96 bits per heavy atom. The quantitative estimate of drug-likeness (QED) is 0.737. The first-order valence-corrected chi connectivity index (χ1v) is 8.80. The largest absolute Gasteiger partial charge is 0.361 e. The SMILES string of the molecule is Cc1ccc(C)c(NC(=S)NC[C@@H](c2c(F)cccc2Cl)N(C)C)c1. The third-order valence-corrected chi connectivity index (χ3v) is 4.63. The molecule has 1 atom stereocenters. The van der Waals surface area contributed by atoms with E-state index in [0.717, 1.165) is 16.8 Å². The number of hydrogen-bond acceptors (Lipinski definition) is 2. The topological polar surface area (TPSA) is 27.3 Å². The molecule has 0 aliphatic carbocycles. The number of nitrogens with one attached hydrogen (secondary N) is 2. The lowest BCUT2D eigenvalue weighted by Crippen LogP contribution is -2.37. The first-order chi connectivity index (χ1) is 11.8. The van der Waals surface area contributed by atoms with Gasteiger partial charge >= 0.3 is 0 Å². The van der Waals surface area contributed by atoms with E-state index in [0.29, 0.717) is 22.2 Å². The molecule has 0 aliphatic heterocycles. The molecule has 0 spiro atoms. The first-order valence-electron chi connectivity index (χ1n) is 8.02. The summed E-state index contributed by atoms with van der Waals surface area (Å²) in [5.74, 6) is -0.318. The first kappa shape index (κ1) is 19.6. The van der Waals surface area contributed by atoms with Crippen molar-refractivity contribution in [1.82, 2.24) is 10.2 Å². The second-order valence-electron chi connectivity index (χ2n) is 6.27. The van der Waals surface area contributed by atoms with Gasteiger partial charge in [0.1, 0.15) is 5.82 Å². The molecule has 0 aromatic heterocycles. The average molecular weight is 380 g/mol. The van der Waals surface area contributed by atoms with Gasteiger partial charge in [-0.25, -0.2) is 4.39 Å². The van der Waals surface area contributed by atoms with Gasteiger partial charge in [0.05, 0.1) is 6.04 Å². The molecule has 2 N–H and O–H groups in total. The van der Waals surface area contributed by atoms with Gasteiger partial charge in [-0.1, -0.05) is 29.8 Å². The van der Waals surface area contributed by atoms with E-state index >= 15 is 0 Å². The molecule has 134 valence electrons. The van der Waals surface area contributed by atoms with Crippen LogP contribution in [0.15, 0.2) is 36.4 Å². The molecule has 0 aliphatic rings. The Labute approximate surface area is 159 Å². The number of anilines is 1. The number of halogens is 2. The second kappa shape index (κ2) is 8.61. The molecule has 0 saturated carbocycles. The highest BCUT2D eigenvalue weighted by Crippen LogP contribution is 2.28. The number of thiocarbonyl (C=S) groups is 1. The van der Waals surface area contributed by atoms with Crippen molar-refractivity contribution in [1.29, 1.82) is 0 Å². The van der Waals surface area contributed by atoms with Gasteiger partial charge in [0, 0.05) is 22.8 Å². The van der Waals surface area contributed by atoms with E-state index in [9.17, 15) is 4.39 Å². The number of hydrogen-bond donors (Lipinski definition) is 2. The Bertz CT molecular complexity index is 744. The molecule has 0 unspecified atom stereocenters. The van der Waals surface area contributed by atoms with Crippen molar-refractivity contribution < 1.29 is 4.39 Å². The predicted octanol–water partition coefficient (Wildman–Crippen LogP) is 4.69. The number of likely N-dealkylation sites (N-methyl/N-ethyl adjacent to an activating group) is 1. The molecule has 3 nitrogen and oxygen atoms in total. The average Bonchev–Trinajstić information content (AvgIpc) is 2.53. The van der Waals surface area contributed by atoms with Crippen molar-refractivity contribution >= 4 is 34.6 Å². The summed E-state index contributed by atoms with van der Waals surface area (Å²) in [6.45, 7) is 4.49. The molecule has 0 radical (unpaired) electrons. The molecule has 25 heavy (non-hydrogen) atoms. The highest BCUT2D eigenvalue weighted by molar-refractivity contribution is 7.80. The van der Waals surface area contributed by atoms with Crippen molar-refractivity contribution in [2.75, 3.05) is 26.0 Å². The van der Waals surface area contributed by atoms with Crippen LogP contribution in [0.25, 0.3) is 0 Å². The fourth-order valence-corrected chi connectivity index (χ4v) is 3.08. The van der Waals surface area contributed by atoms with Crippen LogP contribution in [0.5, 0.6) is 0 Å². The zero-order chi connectivity index (χ0) is 18.6. The maximum Gasteiger partial charge on any atom is 0.170 e. The van der Waals surface area contributed by atoms with Gasteiger partial charge in [-0.05, 0) is 69.5 Å². The maximum absolute atomic E-state index is 14.2. The minimum absolute atomic E-state index is 0.243. The van der Waals surface area contributed by atoms with Gasteiger partial charge in [0.25, 0.3) is 0 Å². The van der Waals surface area contributed by atoms with E-state index in [4.69, 9.17) is 23.8 Å². The zero-order valence-electron chi connectivity index (χ0n) is 14.9. The molecule has 0 heterocycles. The summed E-state index contributed by atoms with van der Waals surface area (Å²) >= 11 is 11.6. The lowest BCUT2D eigenvalue weighted by Gasteiger charge is -2.27. The summed E-state index contributed by atoms with van der Waals surface area (Å²) in [5.41, 5.74) is 3.69. The van der Waals surface area contributed by atoms with Crippen LogP contribution in [0.2, 0.25) is 5.02 Å². The molecule has 0 bridgehead atoms. The lowest BCUT2D eigenvalue weighted by atomic mass is 10.1. The number of aryl methyl sites for hydroxylation is 2. The van der Waals surface area contributed by atoms with Gasteiger partial charge in [0.2, 0.25) is 0 Å². The van der Waals surface area contributed by atoms with Crippen LogP contribution in [0.3, 0.4) is 0 Å². The van der Waals surface area contributed by atoms with Gasteiger partial charge in [-0.2, -0.15) is 0 Å². The molecular formula is C19H23ClFN3S. The van der Waals surface area contributed by atoms with Crippen LogP contribution in [0.4, 0.5) is 10.1 Å². The maximum atomic E-state index is 14.2. The Balaban J connectivity index is 2.09. The van der Waals surface area contributed by atoms with E-state index in [-0.39, 0.29) is 11.9 Å². The van der Waals surface area contributed by atoms with Crippen LogP contribution >= 0.6 is 23.8 Å². The molecule has 2 aromatic rings. The summed E-state index contributed by atoms with van der Waals surface area (Å²) in [7, 11) is 3.77. The van der Waals surface area contributed by atoms with Gasteiger partial charge in [-0.3, -0.25) is 0 Å². The van der Waals surface area contributed by atoms with Crippen molar-refractivity contribution in [3.63, 3.8) is 0 Å². The Kier molecular flexibility index (Phi) is 6.76. The van der Waals surface area contributed by atoms with Crippen molar-refractivity contribution in [2.24, 2.45) is 0 Å². The molecule has 0 amide bonds. The number of benzene rings is 2. The standard InChI is InChI=1S/C19H23ClFN3S/c1-12-8-9-13(2)16(10-12)23-19(25)22-11-17(24(3)4)18-14(20)6-5-7-15(18)21/h5-10,17H,11H2,1-4H3,(H2,22,23,25)/t17-/m0/s1. The zero-order valence-corrected chi connectivity index (χ0v) is 16.4. The summed E-state index contributed by atoms with van der Waals surface area (Å²) in [6, 6.07) is 10.6. The van der Waals surface area contributed by atoms with Gasteiger partial charge in [0.15, 0.2) is 5.11 Å². The Hall–Kier alpha value is -1.69. The second-order valence-corrected chi connectivity index (χ2v) is 7.08. The molecule has 0 saturated heterocycles. The van der Waals surface area contributed by atoms with Crippen LogP contribution in [-0.2, 0) is 0 Å². The summed E-state index contributed by atoms with van der Waals surface area (Å²) in [5, 5.41) is 7.27. The van der Waals surface area contributed by atoms with Crippen molar-refractivity contribution in [3.8, 4) is 0 Å². The summed E-state index contributed by atoms with van der Waals surface area (Å²) in [4.78, 5) is 1.91. The van der Waals surface area contributed by atoms with E-state index in [1.165, 1.54) is 6.07 Å². The summed E-state index contributed by atoms with van der Waals surface area (Å²) in [6.07, 6.45) is 0. The van der Waals surface area contributed by atoms with Crippen LogP contribution in [0.1, 0.15) is 22.7 Å². The summed E-state index contributed by atoms with van der Waals surface area (Å²) < 4.78 is 14.2.